The lowest BCUT2D eigenvalue weighted by Gasteiger charge is -2.23. The Kier molecular flexibility index (Phi) is 9.46. The summed E-state index contributed by atoms with van der Waals surface area (Å²) in [6, 6.07) is 22.3. The van der Waals surface area contributed by atoms with Crippen LogP contribution in [0.1, 0.15) is 36.5 Å². The lowest BCUT2D eigenvalue weighted by atomic mass is 10.1. The summed E-state index contributed by atoms with van der Waals surface area (Å²) in [6.07, 6.45) is 3.71. The SMILES string of the molecule is CCCCc1ccc(NC(=O)CN(CCc2ccccc2)S(=O)(=O)c2cc(C)ccc2OC)cc1. The quantitative estimate of drug-likeness (QED) is 0.375. The summed E-state index contributed by atoms with van der Waals surface area (Å²) in [4.78, 5) is 13.0. The highest BCUT2D eigenvalue weighted by molar-refractivity contribution is 7.89. The van der Waals surface area contributed by atoms with Crippen molar-refractivity contribution in [2.24, 2.45) is 0 Å². The van der Waals surface area contributed by atoms with Gasteiger partial charge in [-0.25, -0.2) is 8.42 Å². The smallest absolute Gasteiger partial charge is 0.247 e. The fourth-order valence-corrected chi connectivity index (χ4v) is 5.44. The summed E-state index contributed by atoms with van der Waals surface area (Å²) in [5, 5.41) is 2.84. The van der Waals surface area contributed by atoms with Crippen molar-refractivity contribution >= 4 is 21.6 Å². The Balaban J connectivity index is 1.81. The maximum atomic E-state index is 13.7. The molecule has 3 rings (SSSR count). The third-order valence-corrected chi connectivity index (χ3v) is 7.67. The van der Waals surface area contributed by atoms with E-state index < -0.39 is 15.9 Å². The van der Waals surface area contributed by atoms with Gasteiger partial charge in [0.15, 0.2) is 0 Å². The monoisotopic (exact) mass is 494 g/mol. The van der Waals surface area contributed by atoms with Crippen LogP contribution < -0.4 is 10.1 Å². The van der Waals surface area contributed by atoms with Crippen LogP contribution >= 0.6 is 0 Å². The molecule has 1 N–H and O–H groups in total. The normalized spacial score (nSPS) is 11.4. The molecule has 3 aromatic carbocycles. The van der Waals surface area contributed by atoms with Crippen LogP contribution in [-0.2, 0) is 27.7 Å². The number of anilines is 1. The van der Waals surface area contributed by atoms with Crippen molar-refractivity contribution in [3.8, 4) is 5.75 Å². The first-order valence-corrected chi connectivity index (χ1v) is 13.3. The largest absolute Gasteiger partial charge is 0.495 e. The van der Waals surface area contributed by atoms with Crippen LogP contribution in [0, 0.1) is 6.92 Å². The first-order valence-electron chi connectivity index (χ1n) is 11.9. The Labute approximate surface area is 209 Å². The van der Waals surface area contributed by atoms with Crippen LogP contribution in [-0.4, -0.2) is 38.8 Å². The van der Waals surface area contributed by atoms with Gasteiger partial charge in [0.1, 0.15) is 10.6 Å². The minimum atomic E-state index is -3.99. The van der Waals surface area contributed by atoms with E-state index in [9.17, 15) is 13.2 Å². The molecule has 0 heterocycles. The highest BCUT2D eigenvalue weighted by Crippen LogP contribution is 2.28. The second kappa shape index (κ2) is 12.5. The Morgan fingerprint density at radius 1 is 0.943 bits per heavy atom. The topological polar surface area (TPSA) is 75.7 Å². The number of ether oxygens (including phenoxy) is 1. The average molecular weight is 495 g/mol. The molecule has 0 fully saturated rings. The van der Waals surface area contributed by atoms with E-state index >= 15 is 0 Å². The molecule has 35 heavy (non-hydrogen) atoms. The van der Waals surface area contributed by atoms with Gasteiger partial charge in [-0.1, -0.05) is 61.9 Å². The van der Waals surface area contributed by atoms with Gasteiger partial charge in [0.25, 0.3) is 0 Å². The van der Waals surface area contributed by atoms with E-state index in [1.165, 1.54) is 17.0 Å². The summed E-state index contributed by atoms with van der Waals surface area (Å²) in [7, 11) is -2.55. The van der Waals surface area contributed by atoms with Crippen molar-refractivity contribution < 1.29 is 17.9 Å². The number of sulfonamides is 1. The van der Waals surface area contributed by atoms with Gasteiger partial charge in [0, 0.05) is 12.2 Å². The third kappa shape index (κ3) is 7.41. The number of amides is 1. The average Bonchev–Trinajstić information content (AvgIpc) is 2.86. The number of hydrogen-bond donors (Lipinski definition) is 1. The minimum Gasteiger partial charge on any atom is -0.495 e. The number of hydrogen-bond acceptors (Lipinski definition) is 4. The summed E-state index contributed by atoms with van der Waals surface area (Å²) >= 11 is 0. The highest BCUT2D eigenvalue weighted by Gasteiger charge is 2.29. The van der Waals surface area contributed by atoms with E-state index in [0.717, 1.165) is 30.4 Å². The van der Waals surface area contributed by atoms with Crippen molar-refractivity contribution in [2.75, 3.05) is 25.5 Å². The number of carbonyl (C=O) groups is 1. The molecule has 0 saturated heterocycles. The minimum absolute atomic E-state index is 0.0566. The Morgan fingerprint density at radius 2 is 1.63 bits per heavy atom. The molecule has 0 atom stereocenters. The van der Waals surface area contributed by atoms with Gasteiger partial charge in [-0.3, -0.25) is 4.79 Å². The van der Waals surface area contributed by atoms with Crippen molar-refractivity contribution in [3.63, 3.8) is 0 Å². The molecule has 6 nitrogen and oxygen atoms in total. The molecule has 0 aliphatic carbocycles. The molecule has 7 heteroatoms. The number of nitrogens with zero attached hydrogens (tertiary/aromatic N) is 1. The van der Waals surface area contributed by atoms with Gasteiger partial charge in [-0.2, -0.15) is 4.31 Å². The number of aryl methyl sites for hydroxylation is 2. The van der Waals surface area contributed by atoms with Crippen LogP contribution in [0.2, 0.25) is 0 Å². The Bertz CT molecular complexity index is 1210. The van der Waals surface area contributed by atoms with E-state index in [2.05, 4.69) is 12.2 Å². The Morgan fingerprint density at radius 3 is 2.29 bits per heavy atom. The first kappa shape index (κ1) is 26.4. The maximum absolute atomic E-state index is 13.7. The standard InChI is InChI=1S/C28H34N2O4S/c1-4-5-9-24-13-15-25(16-14-24)29-28(31)21-30(19-18-23-10-7-6-8-11-23)35(32,33)27-20-22(2)12-17-26(27)34-3/h6-8,10-17,20H,4-5,9,18-19,21H2,1-3H3,(H,29,31). The van der Waals surface area contributed by atoms with Crippen molar-refractivity contribution in [2.45, 2.75) is 44.4 Å². The van der Waals surface area contributed by atoms with Gasteiger partial charge in [0.2, 0.25) is 15.9 Å². The second-order valence-electron chi connectivity index (χ2n) is 8.58. The molecule has 0 aliphatic rings. The van der Waals surface area contributed by atoms with Gasteiger partial charge >= 0.3 is 0 Å². The fraction of sp³-hybridized carbons (Fsp3) is 0.321. The van der Waals surface area contributed by atoms with Crippen LogP contribution in [0.15, 0.2) is 77.7 Å². The zero-order chi connectivity index (χ0) is 25.3. The maximum Gasteiger partial charge on any atom is 0.247 e. The van der Waals surface area contributed by atoms with E-state index in [1.807, 2.05) is 61.5 Å². The number of methoxy groups -OCH3 is 1. The number of benzene rings is 3. The van der Waals surface area contributed by atoms with Crippen LogP contribution in [0.25, 0.3) is 0 Å². The molecule has 0 aliphatic heterocycles. The van der Waals surface area contributed by atoms with Crippen molar-refractivity contribution in [3.05, 3.63) is 89.5 Å². The second-order valence-corrected chi connectivity index (χ2v) is 10.5. The van der Waals surface area contributed by atoms with Crippen LogP contribution in [0.4, 0.5) is 5.69 Å². The lowest BCUT2D eigenvalue weighted by Crippen LogP contribution is -2.39. The predicted molar refractivity (Wildman–Crippen MR) is 140 cm³/mol. The van der Waals surface area contributed by atoms with Gasteiger partial charge < -0.3 is 10.1 Å². The number of rotatable bonds is 12. The molecule has 0 aromatic heterocycles. The number of nitrogens with one attached hydrogen (secondary N) is 1. The van der Waals surface area contributed by atoms with Crippen molar-refractivity contribution in [1.29, 1.82) is 0 Å². The zero-order valence-electron chi connectivity index (χ0n) is 20.7. The first-order chi connectivity index (χ1) is 16.8. The zero-order valence-corrected chi connectivity index (χ0v) is 21.5. The molecular formula is C28H34N2O4S. The van der Waals surface area contributed by atoms with Gasteiger partial charge in [-0.15, -0.1) is 0 Å². The van der Waals surface area contributed by atoms with E-state index in [1.54, 1.807) is 18.2 Å². The van der Waals surface area contributed by atoms with E-state index in [-0.39, 0.29) is 23.7 Å². The van der Waals surface area contributed by atoms with Gasteiger partial charge in [0.05, 0.1) is 13.7 Å². The van der Waals surface area contributed by atoms with E-state index in [0.29, 0.717) is 12.1 Å². The summed E-state index contributed by atoms with van der Waals surface area (Å²) < 4.78 is 33.9. The summed E-state index contributed by atoms with van der Waals surface area (Å²) in [6.45, 7) is 3.83. The predicted octanol–water partition coefficient (Wildman–Crippen LogP) is 5.22. The molecule has 0 bridgehead atoms. The highest BCUT2D eigenvalue weighted by atomic mass is 32.2. The molecule has 0 saturated carbocycles. The molecule has 0 spiro atoms. The third-order valence-electron chi connectivity index (χ3n) is 5.81. The molecule has 186 valence electrons. The Hall–Kier alpha value is -3.16. The number of unbranched alkanes of at least 4 members (excludes halogenated alkanes) is 1. The summed E-state index contributed by atoms with van der Waals surface area (Å²) in [5.74, 6) is -0.141. The molecule has 1 amide bonds. The molecule has 0 unspecified atom stereocenters. The van der Waals surface area contributed by atoms with Crippen LogP contribution in [0.3, 0.4) is 0 Å². The molecular weight excluding hydrogens is 460 g/mol. The van der Waals surface area contributed by atoms with E-state index in [4.69, 9.17) is 4.74 Å². The molecule has 0 radical (unpaired) electrons. The van der Waals surface area contributed by atoms with Crippen LogP contribution in [0.5, 0.6) is 5.75 Å². The molecule has 3 aromatic rings. The number of carbonyl (C=O) groups excluding carboxylic acids is 1. The van der Waals surface area contributed by atoms with Gasteiger partial charge in [-0.05, 0) is 67.1 Å². The van der Waals surface area contributed by atoms with Crippen molar-refractivity contribution in [1.82, 2.24) is 4.31 Å². The fourth-order valence-electron chi connectivity index (χ4n) is 3.80. The lowest BCUT2D eigenvalue weighted by molar-refractivity contribution is -0.116. The summed E-state index contributed by atoms with van der Waals surface area (Å²) in [5.41, 5.74) is 3.64.